The van der Waals surface area contributed by atoms with Gasteiger partial charge in [-0.15, -0.1) is 0 Å². The SMILES string of the molecule is COc1ccc(C)cc1NC(=O)CC(=O)NC1CCCCCC1. The normalized spacial score (nSPS) is 15.6. The molecule has 1 fully saturated rings. The predicted octanol–water partition coefficient (Wildman–Crippen LogP) is 3.17. The van der Waals surface area contributed by atoms with E-state index in [4.69, 9.17) is 4.74 Å². The third-order valence-electron chi connectivity index (χ3n) is 4.17. The maximum atomic E-state index is 12.1. The number of rotatable bonds is 5. The number of carbonyl (C=O) groups excluding carboxylic acids is 2. The van der Waals surface area contributed by atoms with E-state index in [2.05, 4.69) is 10.6 Å². The summed E-state index contributed by atoms with van der Waals surface area (Å²) in [4.78, 5) is 24.1. The maximum Gasteiger partial charge on any atom is 0.233 e. The van der Waals surface area contributed by atoms with Crippen LogP contribution in [0.25, 0.3) is 0 Å². The van der Waals surface area contributed by atoms with Crippen molar-refractivity contribution in [2.45, 2.75) is 57.9 Å². The number of nitrogens with one attached hydrogen (secondary N) is 2. The lowest BCUT2D eigenvalue weighted by molar-refractivity contribution is -0.127. The minimum atomic E-state index is -0.319. The average Bonchev–Trinajstić information content (AvgIpc) is 2.75. The summed E-state index contributed by atoms with van der Waals surface area (Å²) in [5, 5.41) is 5.74. The number of amides is 2. The first-order valence-corrected chi connectivity index (χ1v) is 8.32. The Balaban J connectivity index is 1.86. The number of benzene rings is 1. The van der Waals surface area contributed by atoms with Crippen LogP contribution >= 0.6 is 0 Å². The Morgan fingerprint density at radius 3 is 2.48 bits per heavy atom. The van der Waals surface area contributed by atoms with E-state index in [1.807, 2.05) is 19.1 Å². The van der Waals surface area contributed by atoms with Crippen molar-refractivity contribution in [2.75, 3.05) is 12.4 Å². The van der Waals surface area contributed by atoms with Gasteiger partial charge in [-0.3, -0.25) is 9.59 Å². The third kappa shape index (κ3) is 5.58. The number of carbonyl (C=O) groups is 2. The lowest BCUT2D eigenvalue weighted by atomic mass is 10.1. The summed E-state index contributed by atoms with van der Waals surface area (Å²) in [7, 11) is 1.55. The Morgan fingerprint density at radius 2 is 1.83 bits per heavy atom. The van der Waals surface area contributed by atoms with Crippen molar-refractivity contribution in [3.63, 3.8) is 0 Å². The van der Waals surface area contributed by atoms with Crippen LogP contribution in [0, 0.1) is 6.92 Å². The van der Waals surface area contributed by atoms with Gasteiger partial charge in [0.15, 0.2) is 0 Å². The molecular formula is C18H26N2O3. The maximum absolute atomic E-state index is 12.1. The van der Waals surface area contributed by atoms with Crippen LogP contribution in [0.3, 0.4) is 0 Å². The molecule has 1 saturated carbocycles. The average molecular weight is 318 g/mol. The van der Waals surface area contributed by atoms with Crippen molar-refractivity contribution in [3.8, 4) is 5.75 Å². The van der Waals surface area contributed by atoms with Crippen molar-refractivity contribution in [1.29, 1.82) is 0 Å². The zero-order chi connectivity index (χ0) is 16.7. The van der Waals surface area contributed by atoms with Gasteiger partial charge in [0, 0.05) is 6.04 Å². The zero-order valence-corrected chi connectivity index (χ0v) is 14.0. The number of aryl methyl sites for hydroxylation is 1. The largest absolute Gasteiger partial charge is 0.495 e. The van der Waals surface area contributed by atoms with Crippen LogP contribution in [0.2, 0.25) is 0 Å². The molecule has 126 valence electrons. The first-order chi connectivity index (χ1) is 11.1. The number of hydrogen-bond donors (Lipinski definition) is 2. The van der Waals surface area contributed by atoms with E-state index in [0.717, 1.165) is 31.2 Å². The molecule has 1 aromatic rings. The molecule has 0 bridgehead atoms. The summed E-state index contributed by atoms with van der Waals surface area (Å²) in [6, 6.07) is 5.76. The van der Waals surface area contributed by atoms with E-state index in [1.165, 1.54) is 12.8 Å². The van der Waals surface area contributed by atoms with Gasteiger partial charge in [0.2, 0.25) is 11.8 Å². The second-order valence-corrected chi connectivity index (χ2v) is 6.18. The van der Waals surface area contributed by atoms with Gasteiger partial charge in [0.1, 0.15) is 12.2 Å². The highest BCUT2D eigenvalue weighted by atomic mass is 16.5. The van der Waals surface area contributed by atoms with Gasteiger partial charge in [-0.2, -0.15) is 0 Å². The second-order valence-electron chi connectivity index (χ2n) is 6.18. The van der Waals surface area contributed by atoms with E-state index >= 15 is 0 Å². The molecule has 0 heterocycles. The highest BCUT2D eigenvalue weighted by molar-refractivity contribution is 6.04. The third-order valence-corrected chi connectivity index (χ3v) is 4.17. The molecule has 1 aliphatic carbocycles. The standard InChI is InChI=1S/C18H26N2O3/c1-13-9-10-16(23-2)15(11-13)20-18(22)12-17(21)19-14-7-5-3-4-6-8-14/h9-11,14H,3-8,12H2,1-2H3,(H,19,21)(H,20,22). The molecule has 5 heteroatoms. The van der Waals surface area contributed by atoms with Crippen LogP contribution in [0.15, 0.2) is 18.2 Å². The van der Waals surface area contributed by atoms with Crippen molar-refractivity contribution in [3.05, 3.63) is 23.8 Å². The Bertz CT molecular complexity index is 549. The summed E-state index contributed by atoms with van der Waals surface area (Å²) in [6.45, 7) is 1.94. The minimum absolute atomic E-state index is 0.159. The van der Waals surface area contributed by atoms with Gasteiger partial charge < -0.3 is 15.4 Å². The lowest BCUT2D eigenvalue weighted by Crippen LogP contribution is -2.36. The Kier molecular flexibility index (Phi) is 6.44. The fourth-order valence-electron chi connectivity index (χ4n) is 2.96. The highest BCUT2D eigenvalue weighted by Gasteiger charge is 2.17. The molecule has 1 aromatic carbocycles. The lowest BCUT2D eigenvalue weighted by Gasteiger charge is -2.16. The molecule has 2 rings (SSSR count). The molecule has 0 unspecified atom stereocenters. The van der Waals surface area contributed by atoms with Crippen molar-refractivity contribution >= 4 is 17.5 Å². The first-order valence-electron chi connectivity index (χ1n) is 8.32. The van der Waals surface area contributed by atoms with Gasteiger partial charge in [0.05, 0.1) is 12.8 Å². The molecule has 0 atom stereocenters. The second kappa shape index (κ2) is 8.56. The summed E-state index contributed by atoms with van der Waals surface area (Å²) in [5.41, 5.74) is 1.61. The van der Waals surface area contributed by atoms with Crippen LogP contribution in [-0.2, 0) is 9.59 Å². The molecule has 0 radical (unpaired) electrons. The Labute approximate surface area is 137 Å². The molecule has 5 nitrogen and oxygen atoms in total. The molecular weight excluding hydrogens is 292 g/mol. The van der Waals surface area contributed by atoms with E-state index < -0.39 is 0 Å². The van der Waals surface area contributed by atoms with Gasteiger partial charge in [-0.05, 0) is 37.5 Å². The van der Waals surface area contributed by atoms with E-state index in [9.17, 15) is 9.59 Å². The Hall–Kier alpha value is -2.04. The van der Waals surface area contributed by atoms with E-state index in [0.29, 0.717) is 11.4 Å². The fourth-order valence-corrected chi connectivity index (χ4v) is 2.96. The van der Waals surface area contributed by atoms with E-state index in [1.54, 1.807) is 13.2 Å². The summed E-state index contributed by atoms with van der Waals surface area (Å²) in [6.07, 6.45) is 6.64. The molecule has 0 aliphatic heterocycles. The van der Waals surface area contributed by atoms with Crippen LogP contribution in [0.4, 0.5) is 5.69 Å². The highest BCUT2D eigenvalue weighted by Crippen LogP contribution is 2.25. The van der Waals surface area contributed by atoms with Gasteiger partial charge in [-0.1, -0.05) is 31.7 Å². The number of anilines is 1. The molecule has 0 spiro atoms. The summed E-state index contributed by atoms with van der Waals surface area (Å²) < 4.78 is 5.23. The molecule has 23 heavy (non-hydrogen) atoms. The quantitative estimate of drug-likeness (QED) is 0.647. The van der Waals surface area contributed by atoms with Gasteiger partial charge in [0.25, 0.3) is 0 Å². The molecule has 2 N–H and O–H groups in total. The fraction of sp³-hybridized carbons (Fsp3) is 0.556. The van der Waals surface area contributed by atoms with Gasteiger partial charge in [-0.25, -0.2) is 0 Å². The van der Waals surface area contributed by atoms with Crippen LogP contribution in [0.1, 0.15) is 50.5 Å². The van der Waals surface area contributed by atoms with Crippen molar-refractivity contribution in [1.82, 2.24) is 5.32 Å². The number of ether oxygens (including phenoxy) is 1. The van der Waals surface area contributed by atoms with Crippen molar-refractivity contribution < 1.29 is 14.3 Å². The molecule has 0 saturated heterocycles. The van der Waals surface area contributed by atoms with Crippen LogP contribution in [0.5, 0.6) is 5.75 Å². The predicted molar refractivity (Wildman–Crippen MR) is 90.6 cm³/mol. The van der Waals surface area contributed by atoms with E-state index in [-0.39, 0.29) is 24.3 Å². The van der Waals surface area contributed by atoms with Crippen LogP contribution < -0.4 is 15.4 Å². The topological polar surface area (TPSA) is 67.4 Å². The first kappa shape index (κ1) is 17.3. The monoisotopic (exact) mass is 318 g/mol. The zero-order valence-electron chi connectivity index (χ0n) is 14.0. The number of hydrogen-bond acceptors (Lipinski definition) is 3. The summed E-state index contributed by atoms with van der Waals surface area (Å²) in [5.74, 6) is 0.0640. The number of methoxy groups -OCH3 is 1. The van der Waals surface area contributed by atoms with Crippen LogP contribution in [-0.4, -0.2) is 25.0 Å². The van der Waals surface area contributed by atoms with Gasteiger partial charge >= 0.3 is 0 Å². The Morgan fingerprint density at radius 1 is 1.13 bits per heavy atom. The smallest absolute Gasteiger partial charge is 0.233 e. The van der Waals surface area contributed by atoms with Crippen molar-refractivity contribution in [2.24, 2.45) is 0 Å². The summed E-state index contributed by atoms with van der Waals surface area (Å²) >= 11 is 0. The molecule has 0 aromatic heterocycles. The minimum Gasteiger partial charge on any atom is -0.495 e. The molecule has 2 amide bonds. The molecule has 1 aliphatic rings.